The summed E-state index contributed by atoms with van der Waals surface area (Å²) in [4.78, 5) is 15.6. The van der Waals surface area contributed by atoms with Crippen molar-refractivity contribution in [2.75, 3.05) is 26.2 Å². The van der Waals surface area contributed by atoms with Crippen LogP contribution in [0.1, 0.15) is 26.7 Å². The van der Waals surface area contributed by atoms with E-state index in [9.17, 15) is 4.79 Å². The van der Waals surface area contributed by atoms with Crippen molar-refractivity contribution in [2.24, 2.45) is 16.8 Å². The van der Waals surface area contributed by atoms with Crippen molar-refractivity contribution in [3.63, 3.8) is 0 Å². The Morgan fingerprint density at radius 1 is 1.65 bits per heavy atom. The van der Waals surface area contributed by atoms with Crippen LogP contribution in [-0.2, 0) is 0 Å². The Balaban J connectivity index is 2.58. The molecule has 0 aromatic carbocycles. The van der Waals surface area contributed by atoms with Gasteiger partial charge in [0.15, 0.2) is 5.84 Å². The Kier molecular flexibility index (Phi) is 5.06. The van der Waals surface area contributed by atoms with E-state index < -0.39 is 0 Å². The number of urea groups is 1. The molecule has 2 amide bonds. The minimum Gasteiger partial charge on any atom is -0.409 e. The van der Waals surface area contributed by atoms with Crippen molar-refractivity contribution in [3.8, 4) is 0 Å². The quantitative estimate of drug-likeness (QED) is 0.334. The second kappa shape index (κ2) is 6.32. The van der Waals surface area contributed by atoms with Crippen molar-refractivity contribution >= 4 is 11.9 Å². The number of carbonyl (C=O) groups is 1. The van der Waals surface area contributed by atoms with Gasteiger partial charge >= 0.3 is 6.03 Å². The highest BCUT2D eigenvalue weighted by Crippen LogP contribution is 2.16. The first-order valence-corrected chi connectivity index (χ1v) is 6.08. The minimum absolute atomic E-state index is 0.0225. The smallest absolute Gasteiger partial charge is 0.320 e. The van der Waals surface area contributed by atoms with Crippen LogP contribution in [-0.4, -0.2) is 53.1 Å². The lowest BCUT2D eigenvalue weighted by Gasteiger charge is -2.34. The number of hydrogen-bond donors (Lipinski definition) is 2. The normalized spacial score (nSPS) is 21.4. The largest absolute Gasteiger partial charge is 0.409 e. The number of likely N-dealkylation sites (N-methyl/N-ethyl adjacent to an activating group) is 1. The molecule has 1 rings (SSSR count). The molecule has 6 heteroatoms. The fourth-order valence-corrected chi connectivity index (χ4v) is 2.11. The number of nitrogens with two attached hydrogens (primary N) is 1. The third-order valence-corrected chi connectivity index (χ3v) is 3.06. The average Bonchev–Trinajstić information content (AvgIpc) is 2.34. The first-order chi connectivity index (χ1) is 8.08. The molecule has 1 fully saturated rings. The fourth-order valence-electron chi connectivity index (χ4n) is 2.11. The standard InChI is InChI=1S/C11H22N4O2/c1-3-14(8-10(12)13-17)11(16)15-6-4-5-9(2)7-15/h9,17H,3-8H2,1-2H3,(H2,12,13). The van der Waals surface area contributed by atoms with Crippen LogP contribution in [0, 0.1) is 5.92 Å². The molecule has 6 nitrogen and oxygen atoms in total. The number of carbonyl (C=O) groups excluding carboxylic acids is 1. The van der Waals surface area contributed by atoms with Crippen LogP contribution < -0.4 is 5.73 Å². The topological polar surface area (TPSA) is 82.2 Å². The number of amidine groups is 1. The summed E-state index contributed by atoms with van der Waals surface area (Å²) in [7, 11) is 0. The zero-order chi connectivity index (χ0) is 12.8. The first-order valence-electron chi connectivity index (χ1n) is 6.08. The number of rotatable bonds is 3. The molecule has 17 heavy (non-hydrogen) atoms. The zero-order valence-electron chi connectivity index (χ0n) is 10.6. The van der Waals surface area contributed by atoms with Gasteiger partial charge in [0.25, 0.3) is 0 Å². The van der Waals surface area contributed by atoms with Crippen LogP contribution in [0.15, 0.2) is 5.16 Å². The molecular formula is C11H22N4O2. The van der Waals surface area contributed by atoms with Crippen LogP contribution in [0.5, 0.6) is 0 Å². The maximum atomic E-state index is 12.2. The van der Waals surface area contributed by atoms with Crippen LogP contribution >= 0.6 is 0 Å². The van der Waals surface area contributed by atoms with Gasteiger partial charge in [-0.2, -0.15) is 0 Å². The summed E-state index contributed by atoms with van der Waals surface area (Å²) in [5.74, 6) is 0.612. The third-order valence-electron chi connectivity index (χ3n) is 3.06. The molecule has 1 atom stereocenters. The Morgan fingerprint density at radius 2 is 2.35 bits per heavy atom. The molecule has 1 aliphatic heterocycles. The number of hydrogen-bond acceptors (Lipinski definition) is 3. The van der Waals surface area contributed by atoms with Crippen LogP contribution in [0.3, 0.4) is 0 Å². The molecule has 0 spiro atoms. The van der Waals surface area contributed by atoms with Gasteiger partial charge in [0.05, 0.1) is 6.54 Å². The van der Waals surface area contributed by atoms with Crippen molar-refractivity contribution < 1.29 is 10.0 Å². The molecule has 0 aliphatic carbocycles. The molecule has 0 bridgehead atoms. The third kappa shape index (κ3) is 3.80. The minimum atomic E-state index is -0.0225. The summed E-state index contributed by atoms with van der Waals surface area (Å²) < 4.78 is 0. The van der Waals surface area contributed by atoms with Crippen molar-refractivity contribution in [3.05, 3.63) is 0 Å². The fraction of sp³-hybridized carbons (Fsp3) is 0.818. The number of piperidine rings is 1. The summed E-state index contributed by atoms with van der Waals surface area (Å²) >= 11 is 0. The van der Waals surface area contributed by atoms with Gasteiger partial charge < -0.3 is 20.7 Å². The number of amides is 2. The summed E-state index contributed by atoms with van der Waals surface area (Å²) in [5.41, 5.74) is 5.43. The summed E-state index contributed by atoms with van der Waals surface area (Å²) in [5, 5.41) is 11.4. The van der Waals surface area contributed by atoms with E-state index in [1.165, 1.54) is 6.42 Å². The monoisotopic (exact) mass is 242 g/mol. The molecule has 3 N–H and O–H groups in total. The van der Waals surface area contributed by atoms with E-state index in [-0.39, 0.29) is 18.4 Å². The predicted molar refractivity (Wildman–Crippen MR) is 66.0 cm³/mol. The van der Waals surface area contributed by atoms with E-state index >= 15 is 0 Å². The van der Waals surface area contributed by atoms with Crippen LogP contribution in [0.4, 0.5) is 4.79 Å². The molecular weight excluding hydrogens is 220 g/mol. The zero-order valence-corrected chi connectivity index (χ0v) is 10.6. The summed E-state index contributed by atoms with van der Waals surface area (Å²) in [6, 6.07) is -0.0225. The second-order valence-electron chi connectivity index (χ2n) is 4.58. The van der Waals surface area contributed by atoms with Crippen LogP contribution in [0.25, 0.3) is 0 Å². The van der Waals surface area contributed by atoms with Gasteiger partial charge in [0.1, 0.15) is 0 Å². The van der Waals surface area contributed by atoms with Gasteiger partial charge in [-0.1, -0.05) is 12.1 Å². The van der Waals surface area contributed by atoms with Gasteiger partial charge in [-0.15, -0.1) is 0 Å². The lowest BCUT2D eigenvalue weighted by molar-refractivity contribution is 0.137. The molecule has 1 unspecified atom stereocenters. The van der Waals surface area contributed by atoms with E-state index in [2.05, 4.69) is 12.1 Å². The van der Waals surface area contributed by atoms with E-state index in [0.29, 0.717) is 12.5 Å². The molecule has 0 aromatic heterocycles. The van der Waals surface area contributed by atoms with Crippen molar-refractivity contribution in [1.82, 2.24) is 9.80 Å². The molecule has 98 valence electrons. The Hall–Kier alpha value is -1.46. The number of oxime groups is 1. The van der Waals surface area contributed by atoms with E-state index in [4.69, 9.17) is 10.9 Å². The highest BCUT2D eigenvalue weighted by molar-refractivity contribution is 5.86. The Bertz CT molecular complexity index is 293. The van der Waals surface area contributed by atoms with Gasteiger partial charge in [0, 0.05) is 19.6 Å². The van der Waals surface area contributed by atoms with Gasteiger partial charge in [-0.3, -0.25) is 0 Å². The van der Waals surface area contributed by atoms with Gasteiger partial charge in [-0.05, 0) is 25.7 Å². The van der Waals surface area contributed by atoms with E-state index in [1.54, 1.807) is 4.90 Å². The molecule has 1 aliphatic rings. The number of likely N-dealkylation sites (tertiary alicyclic amines) is 1. The van der Waals surface area contributed by atoms with E-state index in [0.717, 1.165) is 19.5 Å². The lowest BCUT2D eigenvalue weighted by Crippen LogP contribution is -2.49. The summed E-state index contributed by atoms with van der Waals surface area (Å²) in [6.45, 7) is 6.37. The van der Waals surface area contributed by atoms with Gasteiger partial charge in [0.2, 0.25) is 0 Å². The molecule has 0 aromatic rings. The lowest BCUT2D eigenvalue weighted by atomic mass is 10.0. The SMILES string of the molecule is CCN(CC(N)=NO)C(=O)N1CCCC(C)C1. The Labute approximate surface area is 102 Å². The maximum Gasteiger partial charge on any atom is 0.320 e. The molecule has 1 heterocycles. The number of nitrogens with zero attached hydrogens (tertiary/aromatic N) is 3. The Morgan fingerprint density at radius 3 is 2.88 bits per heavy atom. The molecule has 0 saturated carbocycles. The average molecular weight is 242 g/mol. The van der Waals surface area contributed by atoms with Crippen molar-refractivity contribution in [2.45, 2.75) is 26.7 Å². The van der Waals surface area contributed by atoms with Crippen LogP contribution in [0.2, 0.25) is 0 Å². The first kappa shape index (κ1) is 13.6. The van der Waals surface area contributed by atoms with Crippen molar-refractivity contribution in [1.29, 1.82) is 0 Å². The molecule has 1 saturated heterocycles. The highest BCUT2D eigenvalue weighted by Gasteiger charge is 2.24. The molecule has 0 radical (unpaired) electrons. The maximum absolute atomic E-state index is 12.2. The predicted octanol–water partition coefficient (Wildman–Crippen LogP) is 0.907. The van der Waals surface area contributed by atoms with Gasteiger partial charge in [-0.25, -0.2) is 4.79 Å². The second-order valence-corrected chi connectivity index (χ2v) is 4.58. The highest BCUT2D eigenvalue weighted by atomic mass is 16.4. The summed E-state index contributed by atoms with van der Waals surface area (Å²) in [6.07, 6.45) is 2.23. The van der Waals surface area contributed by atoms with E-state index in [1.807, 2.05) is 11.8 Å².